The summed E-state index contributed by atoms with van der Waals surface area (Å²) < 4.78 is 7.50. The number of nitrogen functional groups attached to an aromatic ring is 1. The van der Waals surface area contributed by atoms with Crippen LogP contribution in [-0.4, -0.2) is 16.2 Å². The van der Waals surface area contributed by atoms with Gasteiger partial charge in [0.15, 0.2) is 0 Å². The number of imidazole rings is 1. The van der Waals surface area contributed by atoms with Gasteiger partial charge in [0.2, 0.25) is 0 Å². The standard InChI is InChI=1S/C11H13N3O.2ClH/c12-10-2-1-3-11(8-10)15-7-6-14-5-4-13-9-14;;/h1-5,8-9H,6-7,12H2;2*1H. The molecule has 0 unspecified atom stereocenters. The minimum Gasteiger partial charge on any atom is -0.492 e. The quantitative estimate of drug-likeness (QED) is 0.872. The van der Waals surface area contributed by atoms with Gasteiger partial charge in [-0.1, -0.05) is 6.07 Å². The van der Waals surface area contributed by atoms with Gasteiger partial charge in [-0.25, -0.2) is 4.98 Å². The number of aromatic nitrogens is 2. The lowest BCUT2D eigenvalue weighted by Gasteiger charge is -2.06. The van der Waals surface area contributed by atoms with Crippen molar-refractivity contribution in [3.05, 3.63) is 43.0 Å². The SMILES string of the molecule is Cl.Cl.Nc1cccc(OCCn2ccnc2)c1. The maximum absolute atomic E-state index is 5.63. The van der Waals surface area contributed by atoms with Crippen molar-refractivity contribution in [1.29, 1.82) is 0 Å². The minimum absolute atomic E-state index is 0. The Balaban J connectivity index is 0.00000128. The first kappa shape index (κ1) is 15.6. The summed E-state index contributed by atoms with van der Waals surface area (Å²) in [6.07, 6.45) is 5.42. The predicted molar refractivity (Wildman–Crippen MR) is 73.1 cm³/mol. The van der Waals surface area contributed by atoms with Crippen LogP contribution in [0.5, 0.6) is 5.75 Å². The van der Waals surface area contributed by atoms with E-state index >= 15 is 0 Å². The van der Waals surface area contributed by atoms with Crippen LogP contribution in [0.2, 0.25) is 0 Å². The molecular weight excluding hydrogens is 261 g/mol. The number of nitrogens with zero attached hydrogens (tertiary/aromatic N) is 2. The smallest absolute Gasteiger partial charge is 0.121 e. The first-order valence-electron chi connectivity index (χ1n) is 4.79. The van der Waals surface area contributed by atoms with Gasteiger partial charge in [0.1, 0.15) is 12.4 Å². The van der Waals surface area contributed by atoms with Gasteiger partial charge < -0.3 is 15.0 Å². The van der Waals surface area contributed by atoms with E-state index in [1.54, 1.807) is 12.5 Å². The molecule has 1 aromatic carbocycles. The van der Waals surface area contributed by atoms with Crippen molar-refractivity contribution in [3.8, 4) is 5.75 Å². The van der Waals surface area contributed by atoms with Crippen molar-refractivity contribution in [1.82, 2.24) is 9.55 Å². The summed E-state index contributed by atoms with van der Waals surface area (Å²) in [6.45, 7) is 1.40. The molecule has 94 valence electrons. The molecule has 0 spiro atoms. The van der Waals surface area contributed by atoms with Crippen molar-refractivity contribution in [3.63, 3.8) is 0 Å². The molecule has 0 aliphatic rings. The van der Waals surface area contributed by atoms with Crippen LogP contribution < -0.4 is 10.5 Å². The van der Waals surface area contributed by atoms with Gasteiger partial charge in [0.25, 0.3) is 0 Å². The summed E-state index contributed by atoms with van der Waals surface area (Å²) in [4.78, 5) is 3.95. The van der Waals surface area contributed by atoms with Gasteiger partial charge in [-0.3, -0.25) is 0 Å². The zero-order valence-electron chi connectivity index (χ0n) is 9.15. The summed E-state index contributed by atoms with van der Waals surface area (Å²) in [6, 6.07) is 7.42. The van der Waals surface area contributed by atoms with Gasteiger partial charge in [-0.2, -0.15) is 0 Å². The molecule has 0 atom stereocenters. The van der Waals surface area contributed by atoms with Gasteiger partial charge in [-0.05, 0) is 12.1 Å². The summed E-state index contributed by atoms with van der Waals surface area (Å²) in [5.74, 6) is 0.801. The number of ether oxygens (including phenoxy) is 1. The van der Waals surface area contributed by atoms with Crippen molar-refractivity contribution < 1.29 is 4.74 Å². The van der Waals surface area contributed by atoms with Gasteiger partial charge in [0.05, 0.1) is 12.9 Å². The maximum atomic E-state index is 5.63. The Morgan fingerprint density at radius 3 is 2.76 bits per heavy atom. The molecule has 2 N–H and O–H groups in total. The first-order valence-corrected chi connectivity index (χ1v) is 4.79. The molecule has 0 bridgehead atoms. The highest BCUT2D eigenvalue weighted by Gasteiger charge is 1.94. The predicted octanol–water partition coefficient (Wildman–Crippen LogP) is 2.39. The summed E-state index contributed by atoms with van der Waals surface area (Å²) in [5, 5.41) is 0. The average molecular weight is 276 g/mol. The third kappa shape index (κ3) is 4.97. The van der Waals surface area contributed by atoms with Crippen LogP contribution in [0.25, 0.3) is 0 Å². The molecule has 0 aliphatic heterocycles. The van der Waals surface area contributed by atoms with Gasteiger partial charge >= 0.3 is 0 Å². The monoisotopic (exact) mass is 275 g/mol. The van der Waals surface area contributed by atoms with E-state index in [2.05, 4.69) is 4.98 Å². The second kappa shape index (κ2) is 7.81. The number of anilines is 1. The van der Waals surface area contributed by atoms with E-state index in [0.29, 0.717) is 6.61 Å². The molecule has 4 nitrogen and oxygen atoms in total. The van der Waals surface area contributed by atoms with E-state index in [1.165, 1.54) is 0 Å². The topological polar surface area (TPSA) is 53.1 Å². The molecule has 0 saturated carbocycles. The van der Waals surface area contributed by atoms with Crippen molar-refractivity contribution in [2.24, 2.45) is 0 Å². The highest BCUT2D eigenvalue weighted by atomic mass is 35.5. The zero-order valence-corrected chi connectivity index (χ0v) is 10.8. The molecule has 17 heavy (non-hydrogen) atoms. The fraction of sp³-hybridized carbons (Fsp3) is 0.182. The van der Waals surface area contributed by atoms with Crippen LogP contribution in [0.15, 0.2) is 43.0 Å². The van der Waals surface area contributed by atoms with Crippen molar-refractivity contribution in [2.75, 3.05) is 12.3 Å². The van der Waals surface area contributed by atoms with Crippen LogP contribution in [0.1, 0.15) is 0 Å². The number of benzene rings is 1. The van der Waals surface area contributed by atoms with Crippen LogP contribution in [-0.2, 0) is 6.54 Å². The van der Waals surface area contributed by atoms with Crippen LogP contribution in [0.4, 0.5) is 5.69 Å². The van der Waals surface area contributed by atoms with Crippen LogP contribution >= 0.6 is 24.8 Å². The molecule has 0 fully saturated rings. The second-order valence-corrected chi connectivity index (χ2v) is 3.22. The van der Waals surface area contributed by atoms with Crippen molar-refractivity contribution >= 4 is 30.5 Å². The summed E-state index contributed by atoms with van der Waals surface area (Å²) in [5.41, 5.74) is 6.35. The molecule has 1 aromatic heterocycles. The molecule has 0 amide bonds. The third-order valence-electron chi connectivity index (χ3n) is 2.04. The molecule has 2 aromatic rings. The lowest BCUT2D eigenvalue weighted by Crippen LogP contribution is -2.06. The molecule has 6 heteroatoms. The molecular formula is C11H15Cl2N3O. The Labute approximate surface area is 113 Å². The fourth-order valence-electron chi connectivity index (χ4n) is 1.29. The molecule has 0 radical (unpaired) electrons. The fourth-order valence-corrected chi connectivity index (χ4v) is 1.29. The summed E-state index contributed by atoms with van der Waals surface area (Å²) >= 11 is 0. The molecule has 0 aliphatic carbocycles. The molecule has 0 saturated heterocycles. The highest BCUT2D eigenvalue weighted by Crippen LogP contribution is 2.14. The van der Waals surface area contributed by atoms with E-state index in [4.69, 9.17) is 10.5 Å². The first-order chi connectivity index (χ1) is 7.34. The Bertz CT molecular complexity index is 420. The van der Waals surface area contributed by atoms with Crippen LogP contribution in [0.3, 0.4) is 0 Å². The molecule has 1 heterocycles. The average Bonchev–Trinajstić information content (AvgIpc) is 2.71. The number of rotatable bonds is 4. The van der Waals surface area contributed by atoms with Gasteiger partial charge in [0, 0.05) is 24.1 Å². The highest BCUT2D eigenvalue weighted by molar-refractivity contribution is 5.85. The Morgan fingerprint density at radius 1 is 1.29 bits per heavy atom. The van der Waals surface area contributed by atoms with E-state index in [0.717, 1.165) is 18.0 Å². The largest absolute Gasteiger partial charge is 0.492 e. The second-order valence-electron chi connectivity index (χ2n) is 3.22. The lowest BCUT2D eigenvalue weighted by molar-refractivity contribution is 0.298. The lowest BCUT2D eigenvalue weighted by atomic mass is 10.3. The normalized spacial score (nSPS) is 8.94. The Morgan fingerprint density at radius 2 is 2.12 bits per heavy atom. The van der Waals surface area contributed by atoms with E-state index < -0.39 is 0 Å². The summed E-state index contributed by atoms with van der Waals surface area (Å²) in [7, 11) is 0. The van der Waals surface area contributed by atoms with E-state index in [1.807, 2.05) is 35.0 Å². The Hall–Kier alpha value is -1.39. The Kier molecular flexibility index (Phi) is 7.18. The van der Waals surface area contributed by atoms with E-state index in [-0.39, 0.29) is 24.8 Å². The van der Waals surface area contributed by atoms with E-state index in [9.17, 15) is 0 Å². The number of hydrogen-bond acceptors (Lipinski definition) is 3. The van der Waals surface area contributed by atoms with Crippen molar-refractivity contribution in [2.45, 2.75) is 6.54 Å². The number of nitrogens with two attached hydrogens (primary N) is 1. The maximum Gasteiger partial charge on any atom is 0.121 e. The zero-order chi connectivity index (χ0) is 10.5. The van der Waals surface area contributed by atoms with Crippen LogP contribution in [0, 0.1) is 0 Å². The number of hydrogen-bond donors (Lipinski definition) is 1. The minimum atomic E-state index is 0. The van der Waals surface area contributed by atoms with Gasteiger partial charge in [-0.15, -0.1) is 24.8 Å². The third-order valence-corrected chi connectivity index (χ3v) is 2.04. The number of halogens is 2. The molecule has 2 rings (SSSR count).